The first kappa shape index (κ1) is 19.2. The summed E-state index contributed by atoms with van der Waals surface area (Å²) in [4.78, 5) is 14.6. The Bertz CT molecular complexity index is 642. The standard InChI is InChI=1S/C22H33NO3/c1-15-9-16(2)11-17(10-15)12-22(25)13-18-7-6-8-19(14-22)23(18)20(24)26-21(3,4)5/h9-11,18-19,25H,6-8,12-14H2,1-5H3. The van der Waals surface area contributed by atoms with Crippen LogP contribution in [-0.2, 0) is 11.2 Å². The monoisotopic (exact) mass is 359 g/mol. The second-order valence-corrected chi connectivity index (χ2v) is 9.43. The van der Waals surface area contributed by atoms with Gasteiger partial charge in [-0.05, 0) is 72.3 Å². The number of ether oxygens (including phenoxy) is 1. The maximum Gasteiger partial charge on any atom is 0.410 e. The number of amides is 1. The molecule has 3 rings (SSSR count). The summed E-state index contributed by atoms with van der Waals surface area (Å²) in [7, 11) is 0. The summed E-state index contributed by atoms with van der Waals surface area (Å²) in [5.74, 6) is 0. The van der Waals surface area contributed by atoms with Crippen LogP contribution in [0.25, 0.3) is 0 Å². The van der Waals surface area contributed by atoms with E-state index in [1.807, 2.05) is 25.7 Å². The molecular formula is C22H33NO3. The highest BCUT2D eigenvalue weighted by Crippen LogP contribution is 2.41. The van der Waals surface area contributed by atoms with Crippen molar-refractivity contribution in [3.63, 3.8) is 0 Å². The topological polar surface area (TPSA) is 49.8 Å². The van der Waals surface area contributed by atoms with Gasteiger partial charge in [0.05, 0.1) is 5.60 Å². The van der Waals surface area contributed by atoms with Crippen LogP contribution in [0, 0.1) is 13.8 Å². The summed E-state index contributed by atoms with van der Waals surface area (Å²) in [6.07, 6.45) is 4.72. The van der Waals surface area contributed by atoms with Crippen LogP contribution < -0.4 is 0 Å². The fourth-order valence-corrected chi connectivity index (χ4v) is 4.83. The smallest absolute Gasteiger partial charge is 0.410 e. The van der Waals surface area contributed by atoms with Crippen LogP contribution in [0.2, 0.25) is 0 Å². The highest BCUT2D eigenvalue weighted by atomic mass is 16.6. The molecule has 2 atom stereocenters. The predicted molar refractivity (Wildman–Crippen MR) is 103 cm³/mol. The van der Waals surface area contributed by atoms with Crippen molar-refractivity contribution in [3.05, 3.63) is 34.9 Å². The first-order valence-corrected chi connectivity index (χ1v) is 9.86. The number of carbonyl (C=O) groups excluding carboxylic acids is 1. The molecule has 1 amide bonds. The number of hydrogen-bond donors (Lipinski definition) is 1. The summed E-state index contributed by atoms with van der Waals surface area (Å²) in [5, 5.41) is 11.4. The molecular weight excluding hydrogens is 326 g/mol. The van der Waals surface area contributed by atoms with E-state index < -0.39 is 11.2 Å². The summed E-state index contributed by atoms with van der Waals surface area (Å²) in [6.45, 7) is 9.91. The first-order chi connectivity index (χ1) is 12.0. The molecule has 1 aromatic carbocycles. The number of fused-ring (bicyclic) bond motifs is 2. The molecule has 0 saturated carbocycles. The fourth-order valence-electron chi connectivity index (χ4n) is 4.83. The fraction of sp³-hybridized carbons (Fsp3) is 0.682. The third-order valence-corrected chi connectivity index (χ3v) is 5.51. The van der Waals surface area contributed by atoms with E-state index in [1.54, 1.807) is 0 Å². The van der Waals surface area contributed by atoms with Gasteiger partial charge in [-0.1, -0.05) is 29.3 Å². The van der Waals surface area contributed by atoms with Gasteiger partial charge in [-0.2, -0.15) is 0 Å². The normalized spacial score (nSPS) is 28.8. The summed E-state index contributed by atoms with van der Waals surface area (Å²) in [5.41, 5.74) is 2.42. The Labute approximate surface area is 157 Å². The molecule has 0 aliphatic carbocycles. The van der Waals surface area contributed by atoms with Crippen molar-refractivity contribution in [2.45, 2.75) is 96.4 Å². The molecule has 0 spiro atoms. The lowest BCUT2D eigenvalue weighted by atomic mass is 9.73. The Balaban J connectivity index is 1.77. The zero-order valence-electron chi connectivity index (χ0n) is 16.8. The number of carbonyl (C=O) groups is 1. The van der Waals surface area contributed by atoms with Crippen LogP contribution in [0.1, 0.15) is 69.6 Å². The molecule has 26 heavy (non-hydrogen) atoms. The zero-order chi connectivity index (χ0) is 19.1. The molecule has 2 saturated heterocycles. The van der Waals surface area contributed by atoms with Crippen LogP contribution in [0.5, 0.6) is 0 Å². The third kappa shape index (κ3) is 4.40. The van der Waals surface area contributed by atoms with E-state index in [0.717, 1.165) is 19.3 Å². The van der Waals surface area contributed by atoms with Crippen LogP contribution in [0.15, 0.2) is 18.2 Å². The van der Waals surface area contributed by atoms with Crippen LogP contribution in [0.4, 0.5) is 4.79 Å². The molecule has 2 aliphatic heterocycles. The third-order valence-electron chi connectivity index (χ3n) is 5.51. The molecule has 1 N–H and O–H groups in total. The van der Waals surface area contributed by atoms with E-state index in [-0.39, 0.29) is 18.2 Å². The molecule has 0 aromatic heterocycles. The summed E-state index contributed by atoms with van der Waals surface area (Å²) in [6, 6.07) is 6.65. The van der Waals surface area contributed by atoms with Gasteiger partial charge >= 0.3 is 6.09 Å². The van der Waals surface area contributed by atoms with Crippen LogP contribution >= 0.6 is 0 Å². The lowest BCUT2D eigenvalue weighted by molar-refractivity contribution is -0.0919. The minimum Gasteiger partial charge on any atom is -0.444 e. The Morgan fingerprint density at radius 2 is 1.69 bits per heavy atom. The Hall–Kier alpha value is -1.55. The maximum absolute atomic E-state index is 12.7. The summed E-state index contributed by atoms with van der Waals surface area (Å²) < 4.78 is 5.64. The predicted octanol–water partition coefficient (Wildman–Crippen LogP) is 4.53. The number of piperidine rings is 2. The van der Waals surface area contributed by atoms with E-state index in [1.165, 1.54) is 16.7 Å². The van der Waals surface area contributed by atoms with Crippen LogP contribution in [0.3, 0.4) is 0 Å². The van der Waals surface area contributed by atoms with E-state index >= 15 is 0 Å². The lowest BCUT2D eigenvalue weighted by Gasteiger charge is -2.51. The molecule has 1 aromatic rings. The summed E-state index contributed by atoms with van der Waals surface area (Å²) >= 11 is 0. The highest BCUT2D eigenvalue weighted by molar-refractivity contribution is 5.69. The minimum absolute atomic E-state index is 0.0771. The van der Waals surface area contributed by atoms with Gasteiger partial charge in [-0.3, -0.25) is 0 Å². The van der Waals surface area contributed by atoms with Crippen molar-refractivity contribution >= 4 is 6.09 Å². The molecule has 0 radical (unpaired) electrons. The van der Waals surface area contributed by atoms with Gasteiger partial charge in [0.1, 0.15) is 5.60 Å². The number of rotatable bonds is 2. The van der Waals surface area contributed by atoms with E-state index in [0.29, 0.717) is 19.3 Å². The zero-order valence-corrected chi connectivity index (χ0v) is 16.8. The first-order valence-electron chi connectivity index (χ1n) is 9.86. The van der Waals surface area contributed by atoms with Gasteiger partial charge in [0.15, 0.2) is 0 Å². The molecule has 144 valence electrons. The molecule has 2 bridgehead atoms. The van der Waals surface area contributed by atoms with Gasteiger partial charge in [0.25, 0.3) is 0 Å². The van der Waals surface area contributed by atoms with Gasteiger partial charge in [-0.25, -0.2) is 4.79 Å². The Morgan fingerprint density at radius 1 is 1.15 bits per heavy atom. The number of nitrogens with zero attached hydrogens (tertiary/aromatic N) is 1. The average molecular weight is 360 g/mol. The van der Waals surface area contributed by atoms with Gasteiger partial charge in [0.2, 0.25) is 0 Å². The van der Waals surface area contributed by atoms with Crippen molar-refractivity contribution in [1.29, 1.82) is 0 Å². The molecule has 2 fully saturated rings. The maximum atomic E-state index is 12.7. The van der Waals surface area contributed by atoms with Gasteiger partial charge in [-0.15, -0.1) is 0 Å². The quantitative estimate of drug-likeness (QED) is 0.844. The second kappa shape index (κ2) is 6.88. The molecule has 2 aliphatic rings. The van der Waals surface area contributed by atoms with E-state index in [4.69, 9.17) is 4.74 Å². The van der Waals surface area contributed by atoms with Crippen molar-refractivity contribution in [3.8, 4) is 0 Å². The number of hydrogen-bond acceptors (Lipinski definition) is 3. The Morgan fingerprint density at radius 3 is 2.19 bits per heavy atom. The Kier molecular flexibility index (Phi) is 5.08. The largest absolute Gasteiger partial charge is 0.444 e. The van der Waals surface area contributed by atoms with Gasteiger partial charge in [0, 0.05) is 18.5 Å². The minimum atomic E-state index is -0.742. The van der Waals surface area contributed by atoms with Crippen molar-refractivity contribution in [2.24, 2.45) is 0 Å². The molecule has 2 heterocycles. The van der Waals surface area contributed by atoms with E-state index in [2.05, 4.69) is 32.0 Å². The van der Waals surface area contributed by atoms with Crippen molar-refractivity contribution in [2.75, 3.05) is 0 Å². The molecule has 4 nitrogen and oxygen atoms in total. The SMILES string of the molecule is Cc1cc(C)cc(CC2(O)CC3CCCC(C2)N3C(=O)OC(C)(C)C)c1. The van der Waals surface area contributed by atoms with E-state index in [9.17, 15) is 9.90 Å². The number of benzene rings is 1. The number of aliphatic hydroxyl groups is 1. The lowest BCUT2D eigenvalue weighted by Crippen LogP contribution is -2.61. The van der Waals surface area contributed by atoms with Gasteiger partial charge < -0.3 is 14.7 Å². The second-order valence-electron chi connectivity index (χ2n) is 9.43. The van der Waals surface area contributed by atoms with Crippen molar-refractivity contribution in [1.82, 2.24) is 4.90 Å². The average Bonchev–Trinajstić information content (AvgIpc) is 2.42. The molecule has 4 heteroatoms. The molecule has 2 unspecified atom stereocenters. The van der Waals surface area contributed by atoms with Crippen molar-refractivity contribution < 1.29 is 14.6 Å². The van der Waals surface area contributed by atoms with Crippen LogP contribution in [-0.4, -0.2) is 39.4 Å². The highest BCUT2D eigenvalue weighted by Gasteiger charge is 2.48. The number of aryl methyl sites for hydroxylation is 2.